The first kappa shape index (κ1) is 18.3. The number of halogens is 1. The van der Waals surface area contributed by atoms with Gasteiger partial charge < -0.3 is 10.2 Å². The van der Waals surface area contributed by atoms with Crippen molar-refractivity contribution < 1.29 is 4.79 Å². The molecule has 1 amide bonds. The van der Waals surface area contributed by atoms with E-state index in [4.69, 9.17) is 11.6 Å². The van der Waals surface area contributed by atoms with Crippen LogP contribution in [0, 0.1) is 11.8 Å². The minimum atomic E-state index is 0.254. The lowest BCUT2D eigenvalue weighted by Gasteiger charge is -2.35. The van der Waals surface area contributed by atoms with Gasteiger partial charge in [-0.15, -0.1) is 0 Å². The highest BCUT2D eigenvalue weighted by molar-refractivity contribution is 6.30. The van der Waals surface area contributed by atoms with E-state index in [-0.39, 0.29) is 5.92 Å². The van der Waals surface area contributed by atoms with Gasteiger partial charge in [0.2, 0.25) is 5.91 Å². The third-order valence-corrected chi connectivity index (χ3v) is 6.75. The Morgan fingerprint density at radius 2 is 1.85 bits per heavy atom. The smallest absolute Gasteiger partial charge is 0.223 e. The van der Waals surface area contributed by atoms with Gasteiger partial charge in [0, 0.05) is 49.7 Å². The van der Waals surface area contributed by atoms with Crippen LogP contribution in [0.5, 0.6) is 0 Å². The molecule has 3 aliphatic rings. The van der Waals surface area contributed by atoms with Crippen molar-refractivity contribution in [1.82, 2.24) is 15.1 Å². The Balaban J connectivity index is 1.22. The Bertz CT molecular complexity index is 629. The number of carbonyl (C=O) groups is 1. The van der Waals surface area contributed by atoms with E-state index < -0.39 is 0 Å². The fourth-order valence-corrected chi connectivity index (χ4v) is 5.25. The van der Waals surface area contributed by atoms with Gasteiger partial charge in [0.05, 0.1) is 0 Å². The van der Waals surface area contributed by atoms with Crippen LogP contribution in [-0.4, -0.2) is 54.5 Å². The number of hydrogen-bond acceptors (Lipinski definition) is 3. The second-order valence-corrected chi connectivity index (χ2v) is 8.64. The van der Waals surface area contributed by atoms with Crippen molar-refractivity contribution in [1.29, 1.82) is 0 Å². The first-order valence-electron chi connectivity index (χ1n) is 10.2. The highest BCUT2D eigenvalue weighted by Crippen LogP contribution is 2.37. The molecule has 0 aromatic heterocycles. The van der Waals surface area contributed by atoms with Gasteiger partial charge in [-0.05, 0) is 49.4 Å². The molecular formula is C21H30ClN3O. The summed E-state index contributed by atoms with van der Waals surface area (Å²) in [5.41, 5.74) is 1.29. The number of hydrogen-bond donors (Lipinski definition) is 1. The van der Waals surface area contributed by atoms with E-state index >= 15 is 0 Å². The first-order valence-corrected chi connectivity index (χ1v) is 10.6. The topological polar surface area (TPSA) is 35.6 Å². The quantitative estimate of drug-likeness (QED) is 0.858. The molecule has 142 valence electrons. The van der Waals surface area contributed by atoms with Crippen LogP contribution < -0.4 is 5.32 Å². The SMILES string of the molecule is O=C1N[C@@H]2CCCC[C@H]2C1CCN1CCN(Cc2cccc(Cl)c2)CC1. The Kier molecular flexibility index (Phi) is 5.82. The van der Waals surface area contributed by atoms with Gasteiger partial charge in [0.25, 0.3) is 0 Å². The molecular weight excluding hydrogens is 346 g/mol. The van der Waals surface area contributed by atoms with Crippen LogP contribution in [0.4, 0.5) is 0 Å². The Labute approximate surface area is 161 Å². The largest absolute Gasteiger partial charge is 0.353 e. The molecule has 3 atom stereocenters. The average molecular weight is 376 g/mol. The lowest BCUT2D eigenvalue weighted by atomic mass is 9.78. The number of carbonyl (C=O) groups excluding carboxylic acids is 1. The van der Waals surface area contributed by atoms with Crippen LogP contribution in [0.2, 0.25) is 5.02 Å². The van der Waals surface area contributed by atoms with E-state index in [1.165, 1.54) is 31.2 Å². The molecule has 1 aromatic carbocycles. The predicted octanol–water partition coefficient (Wildman–Crippen LogP) is 3.15. The summed E-state index contributed by atoms with van der Waals surface area (Å²) in [4.78, 5) is 17.4. The predicted molar refractivity (Wildman–Crippen MR) is 105 cm³/mol. The van der Waals surface area contributed by atoms with Crippen molar-refractivity contribution in [3.05, 3.63) is 34.9 Å². The third kappa shape index (κ3) is 4.24. The molecule has 1 saturated carbocycles. The molecule has 1 aliphatic carbocycles. The standard InChI is InChI=1S/C21H30ClN3O/c22-17-5-3-4-16(14-17)15-25-12-10-24(11-13-25)9-8-19-18-6-1-2-7-20(18)23-21(19)26/h3-5,14,18-20H,1-2,6-13,15H2,(H,23,26)/t18-,19?,20+/m0/s1. The van der Waals surface area contributed by atoms with E-state index in [0.29, 0.717) is 17.9 Å². The monoisotopic (exact) mass is 375 g/mol. The number of nitrogens with zero attached hydrogens (tertiary/aromatic N) is 2. The molecule has 4 nitrogen and oxygen atoms in total. The maximum absolute atomic E-state index is 12.3. The normalized spacial score (nSPS) is 30.2. The Morgan fingerprint density at radius 3 is 2.65 bits per heavy atom. The fraction of sp³-hybridized carbons (Fsp3) is 0.667. The average Bonchev–Trinajstić information content (AvgIpc) is 2.96. The molecule has 1 N–H and O–H groups in total. The summed E-state index contributed by atoms with van der Waals surface area (Å²) in [5.74, 6) is 1.17. The number of piperazine rings is 1. The van der Waals surface area contributed by atoms with E-state index in [1.807, 2.05) is 12.1 Å². The number of benzene rings is 1. The van der Waals surface area contributed by atoms with Crippen molar-refractivity contribution in [2.45, 2.75) is 44.7 Å². The summed E-state index contributed by atoms with van der Waals surface area (Å²) in [6.45, 7) is 6.42. The lowest BCUT2D eigenvalue weighted by Crippen LogP contribution is -2.46. The number of rotatable bonds is 5. The molecule has 1 aromatic rings. The van der Waals surface area contributed by atoms with Crippen molar-refractivity contribution >= 4 is 17.5 Å². The highest BCUT2D eigenvalue weighted by Gasteiger charge is 2.42. The van der Waals surface area contributed by atoms with E-state index in [1.54, 1.807) is 0 Å². The molecule has 0 spiro atoms. The van der Waals surface area contributed by atoms with Crippen molar-refractivity contribution in [3.8, 4) is 0 Å². The summed E-state index contributed by atoms with van der Waals surface area (Å²) in [6, 6.07) is 8.64. The minimum Gasteiger partial charge on any atom is -0.353 e. The third-order valence-electron chi connectivity index (χ3n) is 6.52. The Hall–Kier alpha value is -1.10. The molecule has 2 aliphatic heterocycles. The van der Waals surface area contributed by atoms with Gasteiger partial charge >= 0.3 is 0 Å². The van der Waals surface area contributed by atoms with Crippen molar-refractivity contribution in [2.75, 3.05) is 32.7 Å². The number of amides is 1. The van der Waals surface area contributed by atoms with Crippen molar-refractivity contribution in [2.24, 2.45) is 11.8 Å². The van der Waals surface area contributed by atoms with E-state index in [0.717, 1.165) is 50.7 Å². The summed E-state index contributed by atoms with van der Waals surface area (Å²) in [7, 11) is 0. The molecule has 5 heteroatoms. The second-order valence-electron chi connectivity index (χ2n) is 8.21. The second kappa shape index (κ2) is 8.28. The van der Waals surface area contributed by atoms with Gasteiger partial charge in [-0.25, -0.2) is 0 Å². The van der Waals surface area contributed by atoms with Crippen LogP contribution in [0.15, 0.2) is 24.3 Å². The number of fused-ring (bicyclic) bond motifs is 1. The molecule has 1 unspecified atom stereocenters. The highest BCUT2D eigenvalue weighted by atomic mass is 35.5. The van der Waals surface area contributed by atoms with Crippen LogP contribution >= 0.6 is 11.6 Å². The van der Waals surface area contributed by atoms with Gasteiger partial charge in [-0.2, -0.15) is 0 Å². The van der Waals surface area contributed by atoms with E-state index in [2.05, 4.69) is 27.2 Å². The van der Waals surface area contributed by atoms with E-state index in [9.17, 15) is 4.79 Å². The molecule has 3 fully saturated rings. The molecule has 0 bridgehead atoms. The van der Waals surface area contributed by atoms with Crippen LogP contribution in [0.3, 0.4) is 0 Å². The van der Waals surface area contributed by atoms with Gasteiger partial charge in [0.1, 0.15) is 0 Å². The molecule has 2 saturated heterocycles. The summed E-state index contributed by atoms with van der Waals surface area (Å²) < 4.78 is 0. The summed E-state index contributed by atoms with van der Waals surface area (Å²) >= 11 is 6.09. The van der Waals surface area contributed by atoms with Crippen LogP contribution in [0.1, 0.15) is 37.7 Å². The maximum Gasteiger partial charge on any atom is 0.223 e. The molecule has 2 heterocycles. The zero-order valence-corrected chi connectivity index (χ0v) is 16.3. The summed E-state index contributed by atoms with van der Waals surface area (Å²) in [5, 5.41) is 4.07. The lowest BCUT2D eigenvalue weighted by molar-refractivity contribution is -0.123. The molecule has 0 radical (unpaired) electrons. The Morgan fingerprint density at radius 1 is 1.08 bits per heavy atom. The van der Waals surface area contributed by atoms with Crippen LogP contribution in [-0.2, 0) is 11.3 Å². The first-order chi connectivity index (χ1) is 12.7. The molecule has 26 heavy (non-hydrogen) atoms. The number of nitrogens with one attached hydrogen (secondary N) is 1. The van der Waals surface area contributed by atoms with Crippen molar-refractivity contribution in [3.63, 3.8) is 0 Å². The minimum absolute atomic E-state index is 0.254. The maximum atomic E-state index is 12.3. The fourth-order valence-electron chi connectivity index (χ4n) is 5.04. The van der Waals surface area contributed by atoms with Gasteiger partial charge in [0.15, 0.2) is 0 Å². The van der Waals surface area contributed by atoms with Crippen LogP contribution in [0.25, 0.3) is 0 Å². The van der Waals surface area contributed by atoms with Gasteiger partial charge in [-0.1, -0.05) is 36.6 Å². The van der Waals surface area contributed by atoms with Gasteiger partial charge in [-0.3, -0.25) is 9.69 Å². The zero-order valence-electron chi connectivity index (χ0n) is 15.5. The molecule has 4 rings (SSSR count). The summed E-state index contributed by atoms with van der Waals surface area (Å²) in [6.07, 6.45) is 6.04. The zero-order chi connectivity index (χ0) is 17.9.